The fraction of sp³-hybridized carbons (Fsp3) is 0.118. The van der Waals surface area contributed by atoms with Crippen molar-refractivity contribution in [2.24, 2.45) is 5.10 Å². The normalized spacial score (nSPS) is 10.6. The molecule has 0 saturated carbocycles. The van der Waals surface area contributed by atoms with Gasteiger partial charge in [-0.1, -0.05) is 29.8 Å². The van der Waals surface area contributed by atoms with Crippen molar-refractivity contribution in [2.45, 2.75) is 13.8 Å². The Morgan fingerprint density at radius 3 is 2.35 bits per heavy atom. The lowest BCUT2D eigenvalue weighted by Crippen LogP contribution is -2.32. The highest BCUT2D eigenvalue weighted by Crippen LogP contribution is 2.13. The summed E-state index contributed by atoms with van der Waals surface area (Å²) in [5.74, 6) is -1.62. The molecule has 0 spiro atoms. The predicted octanol–water partition coefficient (Wildman–Crippen LogP) is 3.05. The van der Waals surface area contributed by atoms with Crippen LogP contribution in [0.15, 0.2) is 47.6 Å². The molecular formula is C17H16ClN3O2. The van der Waals surface area contributed by atoms with Crippen molar-refractivity contribution >= 4 is 35.3 Å². The van der Waals surface area contributed by atoms with E-state index >= 15 is 0 Å². The zero-order valence-electron chi connectivity index (χ0n) is 12.8. The van der Waals surface area contributed by atoms with E-state index in [-0.39, 0.29) is 0 Å². The highest BCUT2D eigenvalue weighted by atomic mass is 35.5. The van der Waals surface area contributed by atoms with Gasteiger partial charge in [-0.05, 0) is 54.8 Å². The number of halogens is 1. The van der Waals surface area contributed by atoms with Crippen LogP contribution in [0.5, 0.6) is 0 Å². The lowest BCUT2D eigenvalue weighted by molar-refractivity contribution is -0.136. The van der Waals surface area contributed by atoms with Gasteiger partial charge in [0.05, 0.1) is 6.21 Å². The fourth-order valence-electron chi connectivity index (χ4n) is 1.77. The van der Waals surface area contributed by atoms with Crippen LogP contribution >= 0.6 is 11.6 Å². The molecule has 0 aromatic heterocycles. The lowest BCUT2D eigenvalue weighted by Gasteiger charge is -2.06. The summed E-state index contributed by atoms with van der Waals surface area (Å²) in [6.45, 7) is 3.90. The first-order valence-corrected chi connectivity index (χ1v) is 7.31. The third kappa shape index (κ3) is 4.93. The van der Waals surface area contributed by atoms with E-state index in [1.54, 1.807) is 36.4 Å². The van der Waals surface area contributed by atoms with Crippen molar-refractivity contribution in [2.75, 3.05) is 5.32 Å². The highest BCUT2D eigenvalue weighted by Gasteiger charge is 2.12. The Hall–Kier alpha value is -2.66. The van der Waals surface area contributed by atoms with Gasteiger partial charge in [0.2, 0.25) is 0 Å². The van der Waals surface area contributed by atoms with Gasteiger partial charge in [0.15, 0.2) is 0 Å². The summed E-state index contributed by atoms with van der Waals surface area (Å²) < 4.78 is 0. The quantitative estimate of drug-likeness (QED) is 0.516. The van der Waals surface area contributed by atoms with Gasteiger partial charge in [-0.15, -0.1) is 0 Å². The Kier molecular flexibility index (Phi) is 5.49. The van der Waals surface area contributed by atoms with E-state index in [4.69, 9.17) is 11.6 Å². The number of carbonyl (C=O) groups excluding carboxylic acids is 2. The molecule has 0 aliphatic heterocycles. The molecule has 0 bridgehead atoms. The van der Waals surface area contributed by atoms with Gasteiger partial charge >= 0.3 is 11.8 Å². The second-order valence-electron chi connectivity index (χ2n) is 5.00. The first-order chi connectivity index (χ1) is 11.0. The number of nitrogens with one attached hydrogen (secondary N) is 2. The van der Waals surface area contributed by atoms with E-state index in [1.165, 1.54) is 6.21 Å². The third-order valence-corrected chi connectivity index (χ3v) is 3.47. The summed E-state index contributed by atoms with van der Waals surface area (Å²) in [5.41, 5.74) is 5.64. The van der Waals surface area contributed by atoms with Crippen molar-refractivity contribution in [3.05, 3.63) is 64.2 Å². The van der Waals surface area contributed by atoms with E-state index < -0.39 is 11.8 Å². The van der Waals surface area contributed by atoms with E-state index in [2.05, 4.69) is 15.8 Å². The Labute approximate surface area is 139 Å². The molecule has 0 aliphatic rings. The number of rotatable bonds is 3. The standard InChI is InChI=1S/C17H16ClN3O2/c1-11-3-8-15(9-12(11)2)20-16(22)17(23)21-19-10-13-4-6-14(18)7-5-13/h3-10H,1-2H3,(H,20,22)(H,21,23). The topological polar surface area (TPSA) is 70.6 Å². The van der Waals surface area contributed by atoms with E-state index in [0.717, 1.165) is 16.7 Å². The molecule has 0 atom stereocenters. The van der Waals surface area contributed by atoms with Crippen LogP contribution in [-0.4, -0.2) is 18.0 Å². The molecule has 2 N–H and O–H groups in total. The van der Waals surface area contributed by atoms with Gasteiger partial charge in [0, 0.05) is 10.7 Å². The number of amides is 2. The number of hydrogen-bond acceptors (Lipinski definition) is 3. The fourth-order valence-corrected chi connectivity index (χ4v) is 1.90. The summed E-state index contributed by atoms with van der Waals surface area (Å²) in [4.78, 5) is 23.5. The average Bonchev–Trinajstić information content (AvgIpc) is 2.52. The van der Waals surface area contributed by atoms with Gasteiger partial charge < -0.3 is 5.32 Å². The van der Waals surface area contributed by atoms with E-state index in [0.29, 0.717) is 10.7 Å². The maximum absolute atomic E-state index is 11.8. The van der Waals surface area contributed by atoms with Crippen LogP contribution in [0, 0.1) is 13.8 Å². The van der Waals surface area contributed by atoms with E-state index in [1.807, 2.05) is 19.9 Å². The predicted molar refractivity (Wildman–Crippen MR) is 91.7 cm³/mol. The van der Waals surface area contributed by atoms with E-state index in [9.17, 15) is 9.59 Å². The van der Waals surface area contributed by atoms with Crippen LogP contribution < -0.4 is 10.7 Å². The first kappa shape index (κ1) is 16.7. The van der Waals surface area contributed by atoms with Gasteiger partial charge in [-0.25, -0.2) is 5.43 Å². The largest absolute Gasteiger partial charge is 0.329 e. The highest BCUT2D eigenvalue weighted by molar-refractivity contribution is 6.39. The van der Waals surface area contributed by atoms with Crippen molar-refractivity contribution in [3.63, 3.8) is 0 Å². The number of hydrazone groups is 1. The number of carbonyl (C=O) groups is 2. The molecule has 5 nitrogen and oxygen atoms in total. The smallest absolute Gasteiger partial charge is 0.318 e. The zero-order chi connectivity index (χ0) is 16.8. The number of anilines is 1. The summed E-state index contributed by atoms with van der Waals surface area (Å²) in [6, 6.07) is 12.3. The van der Waals surface area contributed by atoms with Gasteiger partial charge in [0.1, 0.15) is 0 Å². The summed E-state index contributed by atoms with van der Waals surface area (Å²) in [6.07, 6.45) is 1.43. The summed E-state index contributed by atoms with van der Waals surface area (Å²) in [7, 11) is 0. The minimum absolute atomic E-state index is 0.565. The molecule has 0 radical (unpaired) electrons. The molecule has 6 heteroatoms. The maximum Gasteiger partial charge on any atom is 0.329 e. The van der Waals surface area contributed by atoms with Crippen molar-refractivity contribution in [1.82, 2.24) is 5.43 Å². The minimum Gasteiger partial charge on any atom is -0.318 e. The molecule has 0 heterocycles. The van der Waals surface area contributed by atoms with Gasteiger partial charge in [0.25, 0.3) is 0 Å². The van der Waals surface area contributed by atoms with Crippen LogP contribution in [0.4, 0.5) is 5.69 Å². The van der Waals surface area contributed by atoms with Crippen molar-refractivity contribution in [3.8, 4) is 0 Å². The molecule has 2 rings (SSSR count). The first-order valence-electron chi connectivity index (χ1n) is 6.93. The molecule has 0 saturated heterocycles. The monoisotopic (exact) mass is 329 g/mol. The SMILES string of the molecule is Cc1ccc(NC(=O)C(=O)NN=Cc2ccc(Cl)cc2)cc1C. The van der Waals surface area contributed by atoms with Gasteiger partial charge in [-0.2, -0.15) is 5.10 Å². The number of hydrogen-bond donors (Lipinski definition) is 2. The summed E-state index contributed by atoms with van der Waals surface area (Å²) >= 11 is 5.77. The molecular weight excluding hydrogens is 314 g/mol. The minimum atomic E-state index is -0.839. The molecule has 23 heavy (non-hydrogen) atoms. The Morgan fingerprint density at radius 2 is 1.70 bits per heavy atom. The third-order valence-electron chi connectivity index (χ3n) is 3.22. The van der Waals surface area contributed by atoms with Crippen LogP contribution in [0.25, 0.3) is 0 Å². The van der Waals surface area contributed by atoms with Crippen LogP contribution in [0.2, 0.25) is 5.02 Å². The van der Waals surface area contributed by atoms with Gasteiger partial charge in [-0.3, -0.25) is 9.59 Å². The molecule has 0 aliphatic carbocycles. The average molecular weight is 330 g/mol. The second kappa shape index (κ2) is 7.56. The second-order valence-corrected chi connectivity index (χ2v) is 5.44. The molecule has 2 aromatic rings. The van der Waals surface area contributed by atoms with Crippen molar-refractivity contribution < 1.29 is 9.59 Å². The number of nitrogens with zero attached hydrogens (tertiary/aromatic N) is 1. The molecule has 2 aromatic carbocycles. The molecule has 2 amide bonds. The summed E-state index contributed by atoms with van der Waals surface area (Å²) in [5, 5.41) is 6.87. The Bertz CT molecular complexity index is 755. The Morgan fingerprint density at radius 1 is 1.00 bits per heavy atom. The number of aryl methyl sites for hydroxylation is 2. The Balaban J connectivity index is 1.90. The van der Waals surface area contributed by atoms with Crippen molar-refractivity contribution in [1.29, 1.82) is 0 Å². The lowest BCUT2D eigenvalue weighted by atomic mass is 10.1. The molecule has 0 unspecified atom stereocenters. The maximum atomic E-state index is 11.8. The molecule has 118 valence electrons. The molecule has 0 fully saturated rings. The van der Waals surface area contributed by atoms with Crippen LogP contribution in [0.3, 0.4) is 0 Å². The number of benzene rings is 2. The van der Waals surface area contributed by atoms with Crippen LogP contribution in [-0.2, 0) is 9.59 Å². The van der Waals surface area contributed by atoms with Crippen LogP contribution in [0.1, 0.15) is 16.7 Å². The zero-order valence-corrected chi connectivity index (χ0v) is 13.5.